The van der Waals surface area contributed by atoms with Crippen molar-refractivity contribution in [2.24, 2.45) is 11.8 Å². The number of hydrogen-bond donors (Lipinski definition) is 3. The zero-order valence-electron chi connectivity index (χ0n) is 23.7. The largest absolute Gasteiger partial charge is 0.502 e. The maximum absolute atomic E-state index is 13.4. The first-order valence-electron chi connectivity index (χ1n) is 14.1. The summed E-state index contributed by atoms with van der Waals surface area (Å²) in [5.41, 5.74) is 2.15. The Labute approximate surface area is 246 Å². The first kappa shape index (κ1) is 28.2. The molecule has 1 unspecified atom stereocenters. The summed E-state index contributed by atoms with van der Waals surface area (Å²) in [5, 5.41) is 42.3. The summed E-state index contributed by atoms with van der Waals surface area (Å²) < 4.78 is 40.3. The Balaban J connectivity index is 1.35. The van der Waals surface area contributed by atoms with E-state index < -0.39 is 66.8 Å². The number of phenols is 1. The maximum atomic E-state index is 13.4. The van der Waals surface area contributed by atoms with Crippen LogP contribution in [0.3, 0.4) is 0 Å². The van der Waals surface area contributed by atoms with Gasteiger partial charge in [-0.25, -0.2) is 0 Å². The van der Waals surface area contributed by atoms with Crippen LogP contribution in [0.25, 0.3) is 10.8 Å². The van der Waals surface area contributed by atoms with Gasteiger partial charge in [0.25, 0.3) is 0 Å². The second-order valence-corrected chi connectivity index (χ2v) is 11.3. The Morgan fingerprint density at radius 3 is 2.26 bits per heavy atom. The van der Waals surface area contributed by atoms with Crippen LogP contribution in [0.5, 0.6) is 17.2 Å². The molecule has 43 heavy (non-hydrogen) atoms. The number of hydrogen-bond acceptors (Lipinski definition) is 13. The monoisotopic (exact) mass is 596 g/mol. The van der Waals surface area contributed by atoms with Gasteiger partial charge in [0, 0.05) is 22.6 Å². The minimum Gasteiger partial charge on any atom is -0.502 e. The highest BCUT2D eigenvalue weighted by atomic mass is 16.8. The predicted molar refractivity (Wildman–Crippen MR) is 145 cm³/mol. The number of rotatable bonds is 5. The number of methoxy groups -OCH3 is 2. The van der Waals surface area contributed by atoms with Gasteiger partial charge in [-0.3, -0.25) is 4.79 Å². The predicted octanol–water partition coefficient (Wildman–Crippen LogP) is 1.55. The molecule has 0 saturated carbocycles. The third-order valence-electron chi connectivity index (χ3n) is 8.92. The lowest BCUT2D eigenvalue weighted by atomic mass is 9.66. The van der Waals surface area contributed by atoms with Crippen LogP contribution in [-0.4, -0.2) is 95.9 Å². The number of aliphatic hydroxyl groups is 2. The summed E-state index contributed by atoms with van der Waals surface area (Å²) in [5.74, 6) is -1.92. The molecule has 2 aromatic carbocycles. The summed E-state index contributed by atoms with van der Waals surface area (Å²) in [6.07, 6.45) is -3.47. The van der Waals surface area contributed by atoms with Crippen molar-refractivity contribution in [3.63, 3.8) is 0 Å². The number of benzene rings is 2. The van der Waals surface area contributed by atoms with Crippen molar-refractivity contribution < 1.29 is 53.3 Å². The number of aliphatic hydroxyl groups excluding tert-OH is 2. The second kappa shape index (κ2) is 10.8. The number of fused-ring (bicyclic) bond motifs is 4. The summed E-state index contributed by atoms with van der Waals surface area (Å²) in [4.78, 5) is 13.4. The fraction of sp³-hybridized carbons (Fsp3) is 0.500. The van der Waals surface area contributed by atoms with Gasteiger partial charge in [0.1, 0.15) is 24.4 Å². The Morgan fingerprint density at radius 1 is 0.907 bits per heavy atom. The number of carbonyl (C=O) groups excluding carboxylic acids is 1. The zero-order valence-corrected chi connectivity index (χ0v) is 23.7. The molecule has 1 aromatic heterocycles. The van der Waals surface area contributed by atoms with E-state index in [2.05, 4.69) is 10.2 Å². The number of cyclic esters (lactones) is 1. The molecule has 13 heteroatoms. The smallest absolute Gasteiger partial charge is 0.310 e. The zero-order chi connectivity index (χ0) is 30.0. The van der Waals surface area contributed by atoms with Crippen LogP contribution in [0.1, 0.15) is 35.6 Å². The van der Waals surface area contributed by atoms with Crippen molar-refractivity contribution >= 4 is 16.7 Å². The number of carbonyl (C=O) groups is 1. The average molecular weight is 597 g/mol. The second-order valence-electron chi connectivity index (χ2n) is 11.3. The molecule has 4 aliphatic rings. The van der Waals surface area contributed by atoms with Gasteiger partial charge < -0.3 is 48.5 Å². The molecular formula is C30H32N2O11. The van der Waals surface area contributed by atoms with E-state index in [4.69, 9.17) is 33.2 Å². The molecule has 13 nitrogen and oxygen atoms in total. The van der Waals surface area contributed by atoms with E-state index >= 15 is 0 Å². The number of phenolic OH excluding ortho intramolecular Hbond substituents is 1. The molecular weight excluding hydrogens is 564 g/mol. The lowest BCUT2D eigenvalue weighted by Gasteiger charge is -2.47. The van der Waals surface area contributed by atoms with Crippen LogP contribution < -0.4 is 9.47 Å². The quantitative estimate of drug-likeness (QED) is 0.363. The molecule has 3 fully saturated rings. The van der Waals surface area contributed by atoms with E-state index in [1.807, 2.05) is 12.1 Å². The molecule has 0 radical (unpaired) electrons. The standard InChI is InChI=1S/C30H32N2O11/c1-12-39-11-21-28(41-12)25(34)26(35)30(42-21)43-27-17-5-15-9-32-31-8-14(15)4-16(17)22(23-18(27)10-40-29(23)36)13-6-19(37-2)24(33)20(7-13)38-3/h4-9,12,18,21-23,25-28,30,33-35H,10-11H2,1-3H3/t12?,18-,21+,22+,23+,25+,26+,27+,28+,30-/m0/s1. The third-order valence-corrected chi connectivity index (χ3v) is 8.92. The van der Waals surface area contributed by atoms with Crippen LogP contribution in [0, 0.1) is 11.8 Å². The van der Waals surface area contributed by atoms with Crippen LogP contribution in [0.15, 0.2) is 36.7 Å². The highest BCUT2D eigenvalue weighted by molar-refractivity contribution is 5.85. The molecule has 0 amide bonds. The molecule has 4 heterocycles. The fourth-order valence-corrected chi connectivity index (χ4v) is 6.85. The van der Waals surface area contributed by atoms with Gasteiger partial charge in [-0.05, 0) is 47.9 Å². The van der Waals surface area contributed by atoms with E-state index in [1.54, 1.807) is 31.5 Å². The Hall–Kier alpha value is -3.59. The summed E-state index contributed by atoms with van der Waals surface area (Å²) >= 11 is 0. The normalized spacial score (nSPS) is 35.0. The van der Waals surface area contributed by atoms with Gasteiger partial charge in [0.05, 0.1) is 51.8 Å². The van der Waals surface area contributed by atoms with Gasteiger partial charge in [-0.1, -0.05) is 0 Å². The minimum atomic E-state index is -1.43. The highest BCUT2D eigenvalue weighted by Crippen LogP contribution is 2.55. The lowest BCUT2D eigenvalue weighted by Crippen LogP contribution is -2.63. The molecule has 1 aliphatic carbocycles. The summed E-state index contributed by atoms with van der Waals surface area (Å²) in [6, 6.07) is 7.22. The lowest BCUT2D eigenvalue weighted by molar-refractivity contribution is -0.364. The van der Waals surface area contributed by atoms with Crippen molar-refractivity contribution in [3.05, 3.63) is 53.3 Å². The molecule has 3 aromatic rings. The molecule has 3 saturated heterocycles. The SMILES string of the molecule is COc1cc([C@@H]2c3cc4cnncc4cc3[C@@H](O[C@@H]3O[C@@H]4COC(C)O[C@H]4[C@H](O)[C@H]3O)[C@H]3COC(=O)[C@@H]23)cc(OC)c1O. The van der Waals surface area contributed by atoms with Gasteiger partial charge in [-0.15, -0.1) is 0 Å². The van der Waals surface area contributed by atoms with E-state index in [0.717, 1.165) is 21.9 Å². The van der Waals surface area contributed by atoms with Gasteiger partial charge in [-0.2, -0.15) is 10.2 Å². The van der Waals surface area contributed by atoms with Gasteiger partial charge in [0.2, 0.25) is 5.75 Å². The number of esters is 1. The molecule has 0 bridgehead atoms. The van der Waals surface area contributed by atoms with Crippen molar-refractivity contribution in [2.75, 3.05) is 27.4 Å². The van der Waals surface area contributed by atoms with Gasteiger partial charge in [0.15, 0.2) is 24.1 Å². The number of aromatic hydroxyl groups is 1. The van der Waals surface area contributed by atoms with E-state index in [-0.39, 0.29) is 30.5 Å². The van der Waals surface area contributed by atoms with Crippen molar-refractivity contribution in [3.8, 4) is 17.2 Å². The van der Waals surface area contributed by atoms with Crippen LogP contribution >= 0.6 is 0 Å². The van der Waals surface area contributed by atoms with Crippen LogP contribution in [0.2, 0.25) is 0 Å². The molecule has 0 spiro atoms. The summed E-state index contributed by atoms with van der Waals surface area (Å²) in [6.45, 7) is 1.92. The van der Waals surface area contributed by atoms with Crippen LogP contribution in [0.4, 0.5) is 0 Å². The highest BCUT2D eigenvalue weighted by Gasteiger charge is 2.55. The van der Waals surface area contributed by atoms with Crippen LogP contribution in [-0.2, 0) is 28.5 Å². The first-order chi connectivity index (χ1) is 20.8. The average Bonchev–Trinajstić information content (AvgIpc) is 3.40. The fourth-order valence-electron chi connectivity index (χ4n) is 6.85. The van der Waals surface area contributed by atoms with Gasteiger partial charge >= 0.3 is 5.97 Å². The number of nitrogens with zero attached hydrogens (tertiary/aromatic N) is 2. The minimum absolute atomic E-state index is 0.0598. The third kappa shape index (κ3) is 4.58. The molecule has 3 N–H and O–H groups in total. The van der Waals surface area contributed by atoms with Crippen molar-refractivity contribution in [1.82, 2.24) is 10.2 Å². The molecule has 7 rings (SSSR count). The molecule has 228 valence electrons. The molecule has 3 aliphatic heterocycles. The Kier molecular flexibility index (Phi) is 7.11. The summed E-state index contributed by atoms with van der Waals surface area (Å²) in [7, 11) is 2.88. The van der Waals surface area contributed by atoms with E-state index in [9.17, 15) is 20.1 Å². The Morgan fingerprint density at radius 2 is 1.58 bits per heavy atom. The number of ether oxygens (including phenoxy) is 7. The van der Waals surface area contributed by atoms with Crippen molar-refractivity contribution in [1.29, 1.82) is 0 Å². The first-order valence-corrected chi connectivity index (χ1v) is 14.1. The van der Waals surface area contributed by atoms with E-state index in [0.29, 0.717) is 5.56 Å². The Bertz CT molecular complexity index is 1520. The number of aromatic nitrogens is 2. The van der Waals surface area contributed by atoms with E-state index in [1.165, 1.54) is 14.2 Å². The topological polar surface area (TPSA) is 168 Å². The maximum Gasteiger partial charge on any atom is 0.310 e. The van der Waals surface area contributed by atoms with Crippen molar-refractivity contribution in [2.45, 2.75) is 55.9 Å². The molecule has 10 atom stereocenters.